The Bertz CT molecular complexity index is 717. The highest BCUT2D eigenvalue weighted by atomic mass is 79.9. The molecule has 19 heavy (non-hydrogen) atoms. The van der Waals surface area contributed by atoms with E-state index in [0.29, 0.717) is 0 Å². The zero-order chi connectivity index (χ0) is 13.2. The highest BCUT2D eigenvalue weighted by molar-refractivity contribution is 9.10. The van der Waals surface area contributed by atoms with E-state index in [1.165, 1.54) is 11.1 Å². The third kappa shape index (κ3) is 2.54. The first-order valence-electron chi connectivity index (χ1n) is 6.42. The minimum atomic E-state index is 1.03. The Balaban J connectivity index is 2.06. The van der Waals surface area contributed by atoms with Gasteiger partial charge in [-0.1, -0.05) is 53.2 Å². The van der Waals surface area contributed by atoms with E-state index in [-0.39, 0.29) is 0 Å². The van der Waals surface area contributed by atoms with Crippen molar-refractivity contribution in [3.05, 3.63) is 64.6 Å². The molecule has 1 nitrogen and oxygen atoms in total. The second-order valence-electron chi connectivity index (χ2n) is 4.58. The summed E-state index contributed by atoms with van der Waals surface area (Å²) in [5.74, 6) is 0. The SMILES string of the molecule is CCc1ccc(-c2ccc3cc(Br)ccc3n2)cc1. The summed E-state index contributed by atoms with van der Waals surface area (Å²) in [5.41, 5.74) is 4.58. The number of fused-ring (bicyclic) bond motifs is 1. The molecule has 0 aliphatic rings. The lowest BCUT2D eigenvalue weighted by atomic mass is 10.1. The topological polar surface area (TPSA) is 12.9 Å². The summed E-state index contributed by atoms with van der Waals surface area (Å²) in [7, 11) is 0. The van der Waals surface area contributed by atoms with Gasteiger partial charge in [0.05, 0.1) is 11.2 Å². The summed E-state index contributed by atoms with van der Waals surface area (Å²) in [5, 5.41) is 1.16. The average Bonchev–Trinajstić information content (AvgIpc) is 2.47. The van der Waals surface area contributed by atoms with E-state index in [2.05, 4.69) is 65.3 Å². The Labute approximate surface area is 121 Å². The molecule has 0 fully saturated rings. The fourth-order valence-electron chi connectivity index (χ4n) is 2.17. The van der Waals surface area contributed by atoms with Crippen LogP contribution in [0.1, 0.15) is 12.5 Å². The molecule has 2 heteroatoms. The molecule has 3 aromatic rings. The molecule has 0 atom stereocenters. The number of hydrogen-bond donors (Lipinski definition) is 0. The van der Waals surface area contributed by atoms with E-state index < -0.39 is 0 Å². The van der Waals surface area contributed by atoms with Crippen LogP contribution in [0.2, 0.25) is 0 Å². The summed E-state index contributed by atoms with van der Waals surface area (Å²) in [6.07, 6.45) is 1.07. The third-order valence-corrected chi connectivity index (χ3v) is 3.80. The summed E-state index contributed by atoms with van der Waals surface area (Å²) >= 11 is 3.48. The molecule has 3 rings (SSSR count). The predicted molar refractivity (Wildman–Crippen MR) is 84.3 cm³/mol. The van der Waals surface area contributed by atoms with Crippen LogP contribution in [0.5, 0.6) is 0 Å². The van der Waals surface area contributed by atoms with Gasteiger partial charge in [-0.3, -0.25) is 0 Å². The van der Waals surface area contributed by atoms with Crippen LogP contribution >= 0.6 is 15.9 Å². The molecule has 2 aromatic carbocycles. The molecular formula is C17H14BrN. The minimum absolute atomic E-state index is 1.03. The summed E-state index contributed by atoms with van der Waals surface area (Å²) in [6.45, 7) is 2.17. The lowest BCUT2D eigenvalue weighted by molar-refractivity contribution is 1.14. The number of nitrogens with zero attached hydrogens (tertiary/aromatic N) is 1. The number of halogens is 1. The maximum Gasteiger partial charge on any atom is 0.0710 e. The molecule has 0 radical (unpaired) electrons. The fraction of sp³-hybridized carbons (Fsp3) is 0.118. The van der Waals surface area contributed by atoms with Crippen molar-refractivity contribution in [1.82, 2.24) is 4.98 Å². The minimum Gasteiger partial charge on any atom is -0.248 e. The lowest BCUT2D eigenvalue weighted by Gasteiger charge is -2.05. The second-order valence-corrected chi connectivity index (χ2v) is 5.50. The maximum atomic E-state index is 4.72. The zero-order valence-electron chi connectivity index (χ0n) is 10.7. The van der Waals surface area contributed by atoms with Gasteiger partial charge in [-0.25, -0.2) is 4.98 Å². The van der Waals surface area contributed by atoms with Crippen molar-refractivity contribution in [2.75, 3.05) is 0 Å². The molecule has 0 saturated heterocycles. The molecule has 1 aromatic heterocycles. The van der Waals surface area contributed by atoms with Crippen LogP contribution in [0.25, 0.3) is 22.2 Å². The molecule has 0 aliphatic carbocycles. The third-order valence-electron chi connectivity index (χ3n) is 3.31. The number of aromatic nitrogens is 1. The van der Waals surface area contributed by atoms with Gasteiger partial charge in [0.1, 0.15) is 0 Å². The van der Waals surface area contributed by atoms with Crippen molar-refractivity contribution in [2.24, 2.45) is 0 Å². The highest BCUT2D eigenvalue weighted by Crippen LogP contribution is 2.23. The van der Waals surface area contributed by atoms with Gasteiger partial charge in [0.2, 0.25) is 0 Å². The summed E-state index contributed by atoms with van der Waals surface area (Å²) < 4.78 is 1.09. The Morgan fingerprint density at radius 2 is 1.74 bits per heavy atom. The van der Waals surface area contributed by atoms with Crippen molar-refractivity contribution in [1.29, 1.82) is 0 Å². The van der Waals surface area contributed by atoms with Crippen LogP contribution in [0.3, 0.4) is 0 Å². The highest BCUT2D eigenvalue weighted by Gasteiger charge is 2.02. The van der Waals surface area contributed by atoms with Crippen molar-refractivity contribution in [3.63, 3.8) is 0 Å². The molecule has 0 aliphatic heterocycles. The van der Waals surface area contributed by atoms with Gasteiger partial charge in [0.25, 0.3) is 0 Å². The number of benzene rings is 2. The molecule has 94 valence electrons. The summed E-state index contributed by atoms with van der Waals surface area (Å²) in [4.78, 5) is 4.72. The van der Waals surface area contributed by atoms with E-state index >= 15 is 0 Å². The van der Waals surface area contributed by atoms with Crippen molar-refractivity contribution in [3.8, 4) is 11.3 Å². The number of rotatable bonds is 2. The lowest BCUT2D eigenvalue weighted by Crippen LogP contribution is -1.86. The average molecular weight is 312 g/mol. The number of pyridine rings is 1. The van der Waals surface area contributed by atoms with Gasteiger partial charge in [-0.15, -0.1) is 0 Å². The van der Waals surface area contributed by atoms with Crippen LogP contribution in [0.4, 0.5) is 0 Å². The van der Waals surface area contributed by atoms with E-state index in [1.54, 1.807) is 0 Å². The van der Waals surface area contributed by atoms with Crippen LogP contribution in [-0.2, 0) is 6.42 Å². The van der Waals surface area contributed by atoms with Crippen LogP contribution in [0.15, 0.2) is 59.1 Å². The van der Waals surface area contributed by atoms with Crippen molar-refractivity contribution in [2.45, 2.75) is 13.3 Å². The van der Waals surface area contributed by atoms with Gasteiger partial charge in [-0.2, -0.15) is 0 Å². The van der Waals surface area contributed by atoms with Crippen LogP contribution < -0.4 is 0 Å². The van der Waals surface area contributed by atoms with Crippen LogP contribution in [0, 0.1) is 0 Å². The van der Waals surface area contributed by atoms with Gasteiger partial charge in [0.15, 0.2) is 0 Å². The van der Waals surface area contributed by atoms with E-state index in [9.17, 15) is 0 Å². The smallest absolute Gasteiger partial charge is 0.0710 e. The van der Waals surface area contributed by atoms with Crippen LogP contribution in [-0.4, -0.2) is 4.98 Å². The van der Waals surface area contributed by atoms with E-state index in [1.807, 2.05) is 12.1 Å². The maximum absolute atomic E-state index is 4.72. The largest absolute Gasteiger partial charge is 0.248 e. The van der Waals surface area contributed by atoms with Gasteiger partial charge < -0.3 is 0 Å². The fourth-order valence-corrected chi connectivity index (χ4v) is 2.55. The molecule has 0 amide bonds. The van der Waals surface area contributed by atoms with E-state index in [0.717, 1.165) is 27.5 Å². The zero-order valence-corrected chi connectivity index (χ0v) is 12.3. The molecule has 0 saturated carbocycles. The number of aryl methyl sites for hydroxylation is 1. The first kappa shape index (κ1) is 12.4. The van der Waals surface area contributed by atoms with Crippen molar-refractivity contribution >= 4 is 26.8 Å². The second kappa shape index (κ2) is 5.14. The molecule has 0 spiro atoms. The first-order valence-corrected chi connectivity index (χ1v) is 7.21. The molecule has 0 bridgehead atoms. The predicted octanol–water partition coefficient (Wildman–Crippen LogP) is 5.23. The first-order chi connectivity index (χ1) is 9.26. The summed E-state index contributed by atoms with van der Waals surface area (Å²) in [6, 6.07) is 19.0. The van der Waals surface area contributed by atoms with Gasteiger partial charge in [-0.05, 0) is 36.2 Å². The molecule has 0 N–H and O–H groups in total. The van der Waals surface area contributed by atoms with Crippen molar-refractivity contribution < 1.29 is 0 Å². The van der Waals surface area contributed by atoms with E-state index in [4.69, 9.17) is 4.98 Å². The normalized spacial score (nSPS) is 10.8. The monoisotopic (exact) mass is 311 g/mol. The molecule has 0 unspecified atom stereocenters. The Kier molecular flexibility index (Phi) is 3.34. The Morgan fingerprint density at radius 3 is 2.47 bits per heavy atom. The van der Waals surface area contributed by atoms with Gasteiger partial charge in [0, 0.05) is 15.4 Å². The molecule has 1 heterocycles. The van der Waals surface area contributed by atoms with Gasteiger partial charge >= 0.3 is 0 Å². The quantitative estimate of drug-likeness (QED) is 0.631. The Hall–Kier alpha value is -1.67. The standard InChI is InChI=1S/C17H14BrN/c1-2-12-3-5-13(6-4-12)16-9-7-14-11-15(18)8-10-17(14)19-16/h3-11H,2H2,1H3. The Morgan fingerprint density at radius 1 is 0.947 bits per heavy atom. The number of hydrogen-bond acceptors (Lipinski definition) is 1. The molecular weight excluding hydrogens is 298 g/mol.